The summed E-state index contributed by atoms with van der Waals surface area (Å²) in [5, 5.41) is 0. The van der Waals surface area contributed by atoms with E-state index in [0.717, 1.165) is 0 Å². The summed E-state index contributed by atoms with van der Waals surface area (Å²) in [6.45, 7) is 0. The third-order valence-corrected chi connectivity index (χ3v) is 4.21. The fourth-order valence-electron chi connectivity index (χ4n) is 2.70. The SMILES string of the molecule is C1=CC=CC=CC=CCCCCCCCCCCC=CC=CC=CC=C1. The van der Waals surface area contributed by atoms with Gasteiger partial charge < -0.3 is 0 Å². The Kier molecular flexibility index (Phi) is 16.3. The lowest BCUT2D eigenvalue weighted by Crippen LogP contribution is -1.81. The number of hydrogen-bond acceptors (Lipinski definition) is 0. The maximum Gasteiger partial charge on any atom is -0.0348 e. The summed E-state index contributed by atoms with van der Waals surface area (Å²) in [7, 11) is 0. The molecular formula is C26H36. The van der Waals surface area contributed by atoms with Gasteiger partial charge in [0.25, 0.3) is 0 Å². The Hall–Kier alpha value is -2.08. The van der Waals surface area contributed by atoms with Crippen molar-refractivity contribution in [1.82, 2.24) is 0 Å². The molecule has 0 aromatic heterocycles. The highest BCUT2D eigenvalue weighted by molar-refractivity contribution is 5.21. The largest absolute Gasteiger partial charge is 0.0845 e. The third kappa shape index (κ3) is 16.8. The van der Waals surface area contributed by atoms with Crippen LogP contribution in [0.1, 0.15) is 64.2 Å². The summed E-state index contributed by atoms with van der Waals surface area (Å²) in [5.41, 5.74) is 0. The molecule has 0 fully saturated rings. The maximum absolute atomic E-state index is 2.28. The van der Waals surface area contributed by atoms with E-state index in [-0.39, 0.29) is 0 Å². The molecule has 140 valence electrons. The Bertz CT molecular complexity index is 482. The van der Waals surface area contributed by atoms with Gasteiger partial charge in [0.1, 0.15) is 0 Å². The fraction of sp³-hybridized carbons (Fsp3) is 0.385. The van der Waals surface area contributed by atoms with Gasteiger partial charge in [0.15, 0.2) is 0 Å². The average Bonchev–Trinajstić information content (AvgIpc) is 2.65. The Balaban J connectivity index is 2.39. The standard InChI is InChI=1S/C26H36/c1-2-4-6-8-10-12-14-16-18-20-22-24-26-25-23-21-19-17-15-13-11-9-7-5-3-1/h1-16H,17-26H2. The Labute approximate surface area is 161 Å². The molecule has 0 saturated carbocycles. The van der Waals surface area contributed by atoms with Gasteiger partial charge in [-0.2, -0.15) is 0 Å². The second-order valence-corrected chi connectivity index (χ2v) is 6.57. The highest BCUT2D eigenvalue weighted by atomic mass is 14.0. The summed E-state index contributed by atoms with van der Waals surface area (Å²) in [4.78, 5) is 0. The predicted molar refractivity (Wildman–Crippen MR) is 119 cm³/mol. The monoisotopic (exact) mass is 348 g/mol. The Morgan fingerprint density at radius 1 is 0.231 bits per heavy atom. The van der Waals surface area contributed by atoms with E-state index in [0.29, 0.717) is 0 Å². The van der Waals surface area contributed by atoms with E-state index in [2.05, 4.69) is 60.8 Å². The van der Waals surface area contributed by atoms with E-state index in [4.69, 9.17) is 0 Å². The molecule has 0 N–H and O–H groups in total. The molecule has 1 aliphatic rings. The van der Waals surface area contributed by atoms with Crippen molar-refractivity contribution in [2.24, 2.45) is 0 Å². The van der Waals surface area contributed by atoms with Crippen molar-refractivity contribution in [3.8, 4) is 0 Å². The van der Waals surface area contributed by atoms with Crippen molar-refractivity contribution >= 4 is 0 Å². The lowest BCUT2D eigenvalue weighted by atomic mass is 10.1. The van der Waals surface area contributed by atoms with Gasteiger partial charge in [0.05, 0.1) is 0 Å². The highest BCUT2D eigenvalue weighted by Crippen LogP contribution is 2.11. The van der Waals surface area contributed by atoms with Crippen LogP contribution in [0.25, 0.3) is 0 Å². The van der Waals surface area contributed by atoms with Gasteiger partial charge in [0, 0.05) is 0 Å². The lowest BCUT2D eigenvalue weighted by Gasteiger charge is -2.00. The van der Waals surface area contributed by atoms with Crippen LogP contribution in [0.15, 0.2) is 97.2 Å². The van der Waals surface area contributed by atoms with Crippen molar-refractivity contribution in [2.75, 3.05) is 0 Å². The summed E-state index contributed by atoms with van der Waals surface area (Å²) in [5.74, 6) is 0. The zero-order valence-corrected chi connectivity index (χ0v) is 16.3. The van der Waals surface area contributed by atoms with E-state index in [1.54, 1.807) is 0 Å². The maximum atomic E-state index is 2.28. The van der Waals surface area contributed by atoms with Crippen LogP contribution in [0.4, 0.5) is 0 Å². The van der Waals surface area contributed by atoms with E-state index >= 15 is 0 Å². The second kappa shape index (κ2) is 19.2. The molecule has 0 saturated heterocycles. The molecular weight excluding hydrogens is 312 g/mol. The molecule has 0 bridgehead atoms. The summed E-state index contributed by atoms with van der Waals surface area (Å²) in [6, 6.07) is 0. The molecule has 1 rings (SSSR count). The highest BCUT2D eigenvalue weighted by Gasteiger charge is 1.91. The van der Waals surface area contributed by atoms with Crippen molar-refractivity contribution in [3.63, 3.8) is 0 Å². The van der Waals surface area contributed by atoms with E-state index < -0.39 is 0 Å². The summed E-state index contributed by atoms with van der Waals surface area (Å²) in [6.07, 6.45) is 47.0. The molecule has 0 heteroatoms. The zero-order valence-electron chi connectivity index (χ0n) is 16.3. The quantitative estimate of drug-likeness (QED) is 0.412. The van der Waals surface area contributed by atoms with Gasteiger partial charge in [0.2, 0.25) is 0 Å². The summed E-state index contributed by atoms with van der Waals surface area (Å²) >= 11 is 0. The first-order valence-electron chi connectivity index (χ1n) is 10.3. The van der Waals surface area contributed by atoms with Crippen LogP contribution >= 0.6 is 0 Å². The molecule has 0 heterocycles. The van der Waals surface area contributed by atoms with Gasteiger partial charge in [-0.3, -0.25) is 0 Å². The van der Waals surface area contributed by atoms with Gasteiger partial charge in [-0.15, -0.1) is 0 Å². The van der Waals surface area contributed by atoms with Crippen molar-refractivity contribution in [2.45, 2.75) is 64.2 Å². The first-order chi connectivity index (χ1) is 13.0. The molecule has 0 nitrogen and oxygen atoms in total. The van der Waals surface area contributed by atoms with Crippen molar-refractivity contribution < 1.29 is 0 Å². The molecule has 0 unspecified atom stereocenters. The number of hydrogen-bond donors (Lipinski definition) is 0. The topological polar surface area (TPSA) is 0 Å². The van der Waals surface area contributed by atoms with Crippen LogP contribution in [0, 0.1) is 0 Å². The molecule has 0 radical (unpaired) electrons. The van der Waals surface area contributed by atoms with E-state index in [1.165, 1.54) is 64.2 Å². The molecule has 26 heavy (non-hydrogen) atoms. The Morgan fingerprint density at radius 2 is 0.462 bits per heavy atom. The van der Waals surface area contributed by atoms with Gasteiger partial charge in [-0.1, -0.05) is 136 Å². The second-order valence-electron chi connectivity index (χ2n) is 6.57. The predicted octanol–water partition coefficient (Wildman–Crippen LogP) is 8.35. The van der Waals surface area contributed by atoms with Crippen LogP contribution in [0.2, 0.25) is 0 Å². The van der Waals surface area contributed by atoms with Crippen LogP contribution in [-0.4, -0.2) is 0 Å². The van der Waals surface area contributed by atoms with Crippen LogP contribution in [0.3, 0.4) is 0 Å². The van der Waals surface area contributed by atoms with Gasteiger partial charge in [-0.05, 0) is 25.7 Å². The van der Waals surface area contributed by atoms with Gasteiger partial charge >= 0.3 is 0 Å². The van der Waals surface area contributed by atoms with Crippen molar-refractivity contribution in [3.05, 3.63) is 97.2 Å². The van der Waals surface area contributed by atoms with E-state index in [9.17, 15) is 0 Å². The third-order valence-electron chi connectivity index (χ3n) is 4.21. The Morgan fingerprint density at radius 3 is 0.769 bits per heavy atom. The van der Waals surface area contributed by atoms with Crippen LogP contribution in [0.5, 0.6) is 0 Å². The minimum Gasteiger partial charge on any atom is -0.0845 e. The zero-order chi connectivity index (χ0) is 18.4. The molecule has 0 amide bonds. The minimum atomic E-state index is 1.20. The first-order valence-corrected chi connectivity index (χ1v) is 10.3. The number of allylic oxidation sites excluding steroid dienone is 16. The summed E-state index contributed by atoms with van der Waals surface area (Å²) < 4.78 is 0. The van der Waals surface area contributed by atoms with Crippen LogP contribution in [-0.2, 0) is 0 Å². The number of rotatable bonds is 0. The molecule has 1 aliphatic carbocycles. The van der Waals surface area contributed by atoms with Crippen LogP contribution < -0.4 is 0 Å². The van der Waals surface area contributed by atoms with Gasteiger partial charge in [-0.25, -0.2) is 0 Å². The minimum absolute atomic E-state index is 1.20. The normalized spacial score (nSPS) is 19.1. The molecule has 0 aromatic rings. The molecule has 0 atom stereocenters. The first kappa shape index (κ1) is 22.0. The van der Waals surface area contributed by atoms with E-state index in [1.807, 2.05) is 36.5 Å². The fourth-order valence-corrected chi connectivity index (χ4v) is 2.70. The lowest BCUT2D eigenvalue weighted by molar-refractivity contribution is 0.571. The average molecular weight is 349 g/mol. The molecule has 0 spiro atoms. The smallest absolute Gasteiger partial charge is 0.0348 e. The van der Waals surface area contributed by atoms with Crippen molar-refractivity contribution in [1.29, 1.82) is 0 Å². The molecule has 0 aliphatic heterocycles. The molecule has 0 aromatic carbocycles.